The quantitative estimate of drug-likeness (QED) is 0.316. The number of thioether (sulfide) groups is 1. The van der Waals surface area contributed by atoms with Crippen molar-refractivity contribution in [3.05, 3.63) is 38.7 Å². The van der Waals surface area contributed by atoms with E-state index in [1.165, 1.54) is 30.0 Å². The van der Waals surface area contributed by atoms with Crippen molar-refractivity contribution in [3.63, 3.8) is 0 Å². The molecule has 0 saturated carbocycles. The van der Waals surface area contributed by atoms with E-state index in [4.69, 9.17) is 27.9 Å². The highest BCUT2D eigenvalue weighted by atomic mass is 79.9. The van der Waals surface area contributed by atoms with Crippen LogP contribution in [0.5, 0.6) is 11.6 Å². The summed E-state index contributed by atoms with van der Waals surface area (Å²) in [7, 11) is 0. The van der Waals surface area contributed by atoms with E-state index in [0.717, 1.165) is 0 Å². The zero-order valence-electron chi connectivity index (χ0n) is 9.45. The van der Waals surface area contributed by atoms with Gasteiger partial charge in [0.15, 0.2) is 5.16 Å². The third-order valence-electron chi connectivity index (χ3n) is 2.02. The molecule has 0 amide bonds. The van der Waals surface area contributed by atoms with Crippen LogP contribution in [0, 0.1) is 5.82 Å². The molecule has 100 valence electrons. The molecule has 0 spiro atoms. The minimum absolute atomic E-state index is 0.00440. The molecule has 0 bridgehead atoms. The molecule has 0 unspecified atom stereocenters. The molecule has 0 saturated heterocycles. The standard InChI is InChI=1S/C11H6BrCl2FN2OS/c1-19-11-16-9(14)4-10(17-11)18-8-3-7(15)6(13)2-5(8)12/h2-4H,1H3. The van der Waals surface area contributed by atoms with Crippen molar-refractivity contribution in [3.8, 4) is 11.6 Å². The van der Waals surface area contributed by atoms with Crippen molar-refractivity contribution in [1.29, 1.82) is 0 Å². The zero-order valence-corrected chi connectivity index (χ0v) is 13.4. The first kappa shape index (κ1) is 14.8. The van der Waals surface area contributed by atoms with Gasteiger partial charge in [-0.3, -0.25) is 0 Å². The highest BCUT2D eigenvalue weighted by Gasteiger charge is 2.11. The minimum atomic E-state index is -0.579. The van der Waals surface area contributed by atoms with Crippen LogP contribution < -0.4 is 4.74 Å². The number of halogens is 4. The molecule has 3 nitrogen and oxygen atoms in total. The summed E-state index contributed by atoms with van der Waals surface area (Å²) in [4.78, 5) is 8.09. The maximum Gasteiger partial charge on any atom is 0.224 e. The first-order valence-corrected chi connectivity index (χ1v) is 7.68. The first-order chi connectivity index (χ1) is 8.99. The minimum Gasteiger partial charge on any atom is -0.438 e. The molecule has 0 N–H and O–H groups in total. The van der Waals surface area contributed by atoms with Crippen LogP contribution in [0.3, 0.4) is 0 Å². The van der Waals surface area contributed by atoms with Crippen LogP contribution in [-0.4, -0.2) is 16.2 Å². The van der Waals surface area contributed by atoms with Gasteiger partial charge in [-0.2, -0.15) is 4.98 Å². The Bertz CT molecular complexity index is 630. The van der Waals surface area contributed by atoms with E-state index < -0.39 is 5.82 Å². The second-order valence-corrected chi connectivity index (χ2v) is 5.74. The molecule has 0 aliphatic carbocycles. The fraction of sp³-hybridized carbons (Fsp3) is 0.0909. The number of aromatic nitrogens is 2. The van der Waals surface area contributed by atoms with E-state index >= 15 is 0 Å². The Morgan fingerprint density at radius 1 is 1.26 bits per heavy atom. The predicted octanol–water partition coefficient (Wildman–Crippen LogP) is 5.20. The summed E-state index contributed by atoms with van der Waals surface area (Å²) < 4.78 is 19.4. The van der Waals surface area contributed by atoms with Crippen LogP contribution in [-0.2, 0) is 0 Å². The fourth-order valence-corrected chi connectivity index (χ4v) is 2.53. The van der Waals surface area contributed by atoms with Crippen LogP contribution in [0.4, 0.5) is 4.39 Å². The van der Waals surface area contributed by atoms with Gasteiger partial charge in [0.1, 0.15) is 16.7 Å². The number of ether oxygens (including phenoxy) is 1. The molecule has 0 aliphatic rings. The van der Waals surface area contributed by atoms with Crippen LogP contribution in [0.15, 0.2) is 27.8 Å². The third kappa shape index (κ3) is 3.72. The molecule has 0 radical (unpaired) electrons. The first-order valence-electron chi connectivity index (χ1n) is 4.90. The summed E-state index contributed by atoms with van der Waals surface area (Å²) in [6, 6.07) is 4.02. The summed E-state index contributed by atoms with van der Waals surface area (Å²) in [5.74, 6) is -0.0967. The number of rotatable bonds is 3. The Morgan fingerprint density at radius 2 is 2.00 bits per heavy atom. The maximum atomic E-state index is 13.4. The lowest BCUT2D eigenvalue weighted by molar-refractivity contribution is 0.448. The third-order valence-corrected chi connectivity index (χ3v) is 3.67. The summed E-state index contributed by atoms with van der Waals surface area (Å²) in [5, 5.41) is 0.720. The Kier molecular flexibility index (Phi) is 4.89. The molecular formula is C11H6BrCl2FN2OS. The van der Waals surface area contributed by atoms with E-state index in [2.05, 4.69) is 25.9 Å². The van der Waals surface area contributed by atoms with Gasteiger partial charge in [0.2, 0.25) is 5.88 Å². The normalized spacial score (nSPS) is 10.6. The van der Waals surface area contributed by atoms with Crippen molar-refractivity contribution in [1.82, 2.24) is 9.97 Å². The maximum absolute atomic E-state index is 13.4. The molecule has 8 heteroatoms. The molecule has 19 heavy (non-hydrogen) atoms. The topological polar surface area (TPSA) is 35.0 Å². The smallest absolute Gasteiger partial charge is 0.224 e. The number of benzene rings is 1. The summed E-state index contributed by atoms with van der Waals surface area (Å²) in [6.45, 7) is 0. The fourth-order valence-electron chi connectivity index (χ4n) is 1.22. The highest BCUT2D eigenvalue weighted by molar-refractivity contribution is 9.10. The Hall–Kier alpha value is -0.560. The second kappa shape index (κ2) is 6.26. The zero-order chi connectivity index (χ0) is 14.0. The van der Waals surface area contributed by atoms with Gasteiger partial charge in [0.25, 0.3) is 0 Å². The Balaban J connectivity index is 2.36. The van der Waals surface area contributed by atoms with Gasteiger partial charge in [0.05, 0.1) is 9.50 Å². The molecular weight excluding hydrogens is 378 g/mol. The van der Waals surface area contributed by atoms with Gasteiger partial charge in [-0.25, -0.2) is 9.37 Å². The van der Waals surface area contributed by atoms with Crippen LogP contribution in [0.25, 0.3) is 0 Å². The SMILES string of the molecule is CSc1nc(Cl)cc(Oc2cc(F)c(Cl)cc2Br)n1. The lowest BCUT2D eigenvalue weighted by Gasteiger charge is -2.08. The summed E-state index contributed by atoms with van der Waals surface area (Å²) >= 11 is 16.1. The van der Waals surface area contributed by atoms with Crippen LogP contribution >= 0.6 is 50.9 Å². The molecule has 0 fully saturated rings. The average Bonchev–Trinajstić information content (AvgIpc) is 2.35. The molecule has 1 aromatic carbocycles. The van der Waals surface area contributed by atoms with Crippen LogP contribution in [0.1, 0.15) is 0 Å². The van der Waals surface area contributed by atoms with Gasteiger partial charge in [-0.1, -0.05) is 35.0 Å². The van der Waals surface area contributed by atoms with Gasteiger partial charge in [0, 0.05) is 12.1 Å². The number of hydrogen-bond acceptors (Lipinski definition) is 4. The van der Waals surface area contributed by atoms with E-state index in [1.807, 2.05) is 6.26 Å². The Morgan fingerprint density at radius 3 is 2.68 bits per heavy atom. The molecule has 2 aromatic rings. The average molecular weight is 384 g/mol. The van der Waals surface area contributed by atoms with Crippen molar-refractivity contribution >= 4 is 50.9 Å². The number of nitrogens with zero attached hydrogens (tertiary/aromatic N) is 2. The molecule has 2 rings (SSSR count). The van der Waals surface area contributed by atoms with E-state index in [1.54, 1.807) is 0 Å². The molecule has 1 aromatic heterocycles. The largest absolute Gasteiger partial charge is 0.438 e. The molecule has 0 atom stereocenters. The predicted molar refractivity (Wildman–Crippen MR) is 78.0 cm³/mol. The van der Waals surface area contributed by atoms with Crippen molar-refractivity contribution in [2.24, 2.45) is 0 Å². The van der Waals surface area contributed by atoms with Gasteiger partial charge in [-0.05, 0) is 28.3 Å². The summed E-state index contributed by atoms with van der Waals surface area (Å²) in [5.41, 5.74) is 0. The van der Waals surface area contributed by atoms with Gasteiger partial charge >= 0.3 is 0 Å². The van der Waals surface area contributed by atoms with Crippen molar-refractivity contribution < 1.29 is 9.13 Å². The number of hydrogen-bond donors (Lipinski definition) is 0. The molecule has 1 heterocycles. The van der Waals surface area contributed by atoms with Crippen LogP contribution in [0.2, 0.25) is 10.2 Å². The summed E-state index contributed by atoms with van der Waals surface area (Å²) in [6.07, 6.45) is 1.81. The monoisotopic (exact) mass is 382 g/mol. The van der Waals surface area contributed by atoms with E-state index in [0.29, 0.717) is 9.63 Å². The van der Waals surface area contributed by atoms with E-state index in [-0.39, 0.29) is 21.8 Å². The Labute approximate surface area is 131 Å². The van der Waals surface area contributed by atoms with Gasteiger partial charge < -0.3 is 4.74 Å². The lowest BCUT2D eigenvalue weighted by Crippen LogP contribution is -1.94. The van der Waals surface area contributed by atoms with Crippen molar-refractivity contribution in [2.45, 2.75) is 5.16 Å². The molecule has 0 aliphatic heterocycles. The van der Waals surface area contributed by atoms with Gasteiger partial charge in [-0.15, -0.1) is 0 Å². The van der Waals surface area contributed by atoms with Crippen molar-refractivity contribution in [2.75, 3.05) is 6.26 Å². The highest BCUT2D eigenvalue weighted by Crippen LogP contribution is 2.34. The second-order valence-electron chi connectivity index (χ2n) is 3.31. The lowest BCUT2D eigenvalue weighted by atomic mass is 10.3. The van der Waals surface area contributed by atoms with E-state index in [9.17, 15) is 4.39 Å².